The van der Waals surface area contributed by atoms with Crippen molar-refractivity contribution in [2.75, 3.05) is 5.73 Å². The minimum absolute atomic E-state index is 0.108. The van der Waals surface area contributed by atoms with E-state index in [1.165, 1.54) is 0 Å². The van der Waals surface area contributed by atoms with Gasteiger partial charge in [-0.15, -0.1) is 10.2 Å². The summed E-state index contributed by atoms with van der Waals surface area (Å²) in [5.41, 5.74) is 8.50. The predicted octanol–water partition coefficient (Wildman–Crippen LogP) is 3.23. The van der Waals surface area contributed by atoms with Crippen molar-refractivity contribution in [1.82, 2.24) is 14.9 Å². The molecule has 6 heteroatoms. The minimum Gasteiger partial charge on any atom is -0.382 e. The van der Waals surface area contributed by atoms with Crippen molar-refractivity contribution >= 4 is 16.8 Å². The van der Waals surface area contributed by atoms with Gasteiger partial charge in [0.1, 0.15) is 5.82 Å². The topological polar surface area (TPSA) is 80.9 Å². The van der Waals surface area contributed by atoms with Crippen molar-refractivity contribution in [1.29, 1.82) is 0 Å². The van der Waals surface area contributed by atoms with Crippen LogP contribution in [0.15, 0.2) is 36.4 Å². The Morgan fingerprint density at radius 3 is 2.43 bits per heavy atom. The van der Waals surface area contributed by atoms with Gasteiger partial charge in [0.05, 0.1) is 21.4 Å². The molecular formula is C17H24N4OS. The quantitative estimate of drug-likeness (QED) is 0.881. The first kappa shape index (κ1) is 17.6. The Morgan fingerprint density at radius 2 is 1.87 bits per heavy atom. The van der Waals surface area contributed by atoms with E-state index in [9.17, 15) is 4.21 Å². The molecule has 1 heterocycles. The van der Waals surface area contributed by atoms with E-state index in [2.05, 4.69) is 14.9 Å². The molecule has 0 aliphatic carbocycles. The van der Waals surface area contributed by atoms with E-state index in [4.69, 9.17) is 5.73 Å². The number of nitrogens with zero attached hydrogens (tertiary/aromatic N) is 2. The molecule has 0 spiro atoms. The van der Waals surface area contributed by atoms with Crippen LogP contribution in [-0.4, -0.2) is 19.2 Å². The maximum atomic E-state index is 12.5. The number of anilines is 1. The Hall–Kier alpha value is -1.79. The van der Waals surface area contributed by atoms with Crippen molar-refractivity contribution < 1.29 is 4.21 Å². The Bertz CT molecular complexity index is 683. The number of hydrogen-bond acceptors (Lipinski definition) is 4. The monoisotopic (exact) mass is 332 g/mol. The van der Waals surface area contributed by atoms with Crippen LogP contribution in [0.2, 0.25) is 0 Å². The highest BCUT2D eigenvalue weighted by Crippen LogP contribution is 2.29. The SMILES string of the molecule is CC[C@H](N[S@](=O)C(C)(C)C)c1cc(N)nnc1-c1ccccc1. The van der Waals surface area contributed by atoms with Crippen LogP contribution in [0.1, 0.15) is 45.7 Å². The second-order valence-electron chi connectivity index (χ2n) is 6.40. The van der Waals surface area contributed by atoms with Crippen LogP contribution in [0.5, 0.6) is 0 Å². The lowest BCUT2D eigenvalue weighted by Crippen LogP contribution is -2.35. The summed E-state index contributed by atoms with van der Waals surface area (Å²) < 4.78 is 15.3. The summed E-state index contributed by atoms with van der Waals surface area (Å²) in [7, 11) is -1.18. The van der Waals surface area contributed by atoms with Crippen LogP contribution in [0.3, 0.4) is 0 Å². The van der Waals surface area contributed by atoms with Crippen LogP contribution >= 0.6 is 0 Å². The number of hydrogen-bond donors (Lipinski definition) is 2. The molecule has 0 fully saturated rings. The third kappa shape index (κ3) is 4.36. The third-order valence-corrected chi connectivity index (χ3v) is 5.09. The van der Waals surface area contributed by atoms with Crippen molar-refractivity contribution in [2.24, 2.45) is 0 Å². The smallest absolute Gasteiger partial charge is 0.146 e. The molecule has 0 saturated carbocycles. The van der Waals surface area contributed by atoms with E-state index in [-0.39, 0.29) is 10.8 Å². The number of nitrogen functional groups attached to an aromatic ring is 1. The van der Waals surface area contributed by atoms with Crippen LogP contribution < -0.4 is 10.5 Å². The van der Waals surface area contributed by atoms with Crippen LogP contribution in [0.25, 0.3) is 11.3 Å². The Labute approximate surface area is 140 Å². The van der Waals surface area contributed by atoms with Crippen molar-refractivity contribution in [3.05, 3.63) is 42.0 Å². The molecule has 2 aromatic rings. The largest absolute Gasteiger partial charge is 0.382 e. The zero-order valence-electron chi connectivity index (χ0n) is 14.0. The first-order chi connectivity index (χ1) is 10.8. The van der Waals surface area contributed by atoms with Gasteiger partial charge >= 0.3 is 0 Å². The zero-order chi connectivity index (χ0) is 17.0. The highest BCUT2D eigenvalue weighted by Gasteiger charge is 2.25. The first-order valence-electron chi connectivity index (χ1n) is 7.69. The second kappa shape index (κ2) is 7.19. The van der Waals surface area contributed by atoms with Gasteiger partial charge in [-0.25, -0.2) is 8.93 Å². The van der Waals surface area contributed by atoms with Gasteiger partial charge in [-0.05, 0) is 33.3 Å². The highest BCUT2D eigenvalue weighted by atomic mass is 32.2. The summed E-state index contributed by atoms with van der Waals surface area (Å²) in [6.45, 7) is 7.88. The molecule has 0 aliphatic rings. The molecule has 23 heavy (non-hydrogen) atoms. The highest BCUT2D eigenvalue weighted by molar-refractivity contribution is 7.84. The van der Waals surface area contributed by atoms with Crippen molar-refractivity contribution in [2.45, 2.75) is 44.9 Å². The van der Waals surface area contributed by atoms with Crippen molar-refractivity contribution in [3.63, 3.8) is 0 Å². The van der Waals surface area contributed by atoms with Gasteiger partial charge in [0.15, 0.2) is 0 Å². The van der Waals surface area contributed by atoms with Crippen LogP contribution in [-0.2, 0) is 11.0 Å². The second-order valence-corrected chi connectivity index (χ2v) is 8.40. The zero-order valence-corrected chi connectivity index (χ0v) is 14.9. The lowest BCUT2D eigenvalue weighted by molar-refractivity contribution is 0.588. The molecular weight excluding hydrogens is 308 g/mol. The number of nitrogens with two attached hydrogens (primary N) is 1. The fourth-order valence-corrected chi connectivity index (χ4v) is 3.09. The van der Waals surface area contributed by atoms with E-state index in [1.807, 2.05) is 64.1 Å². The molecule has 5 nitrogen and oxygen atoms in total. The molecule has 0 radical (unpaired) electrons. The maximum Gasteiger partial charge on any atom is 0.146 e. The van der Waals surface area contributed by atoms with Gasteiger partial charge in [-0.2, -0.15) is 0 Å². The van der Waals surface area contributed by atoms with E-state index < -0.39 is 11.0 Å². The first-order valence-corrected chi connectivity index (χ1v) is 8.84. The van der Waals surface area contributed by atoms with E-state index in [0.29, 0.717) is 5.82 Å². The predicted molar refractivity (Wildman–Crippen MR) is 95.9 cm³/mol. The summed E-state index contributed by atoms with van der Waals surface area (Å²) in [5.74, 6) is 0.362. The standard InChI is InChI=1S/C17H24N4OS/c1-5-14(21-23(22)17(2,3)4)13-11-15(18)19-20-16(13)12-9-7-6-8-10-12/h6-11,14,21H,5H2,1-4H3,(H2,18,19)/t14-,23+/m0/s1. The Balaban J connectivity index is 2.44. The van der Waals surface area contributed by atoms with Gasteiger partial charge in [-0.3, -0.25) is 0 Å². The molecule has 3 N–H and O–H groups in total. The van der Waals surface area contributed by atoms with Crippen LogP contribution in [0.4, 0.5) is 5.82 Å². The summed E-state index contributed by atoms with van der Waals surface area (Å²) in [4.78, 5) is 0. The third-order valence-electron chi connectivity index (χ3n) is 3.48. The molecule has 124 valence electrons. The number of aromatic nitrogens is 2. The van der Waals surface area contributed by atoms with Crippen LogP contribution in [0, 0.1) is 0 Å². The number of nitrogens with one attached hydrogen (secondary N) is 1. The lowest BCUT2D eigenvalue weighted by Gasteiger charge is -2.25. The molecule has 2 rings (SSSR count). The van der Waals surface area contributed by atoms with Gasteiger partial charge < -0.3 is 5.73 Å². The molecule has 1 aromatic carbocycles. The minimum atomic E-state index is -1.18. The molecule has 0 amide bonds. The normalized spacial score (nSPS) is 14.4. The molecule has 2 atom stereocenters. The molecule has 0 unspecified atom stereocenters. The molecule has 0 saturated heterocycles. The molecule has 1 aromatic heterocycles. The summed E-state index contributed by atoms with van der Waals surface area (Å²) >= 11 is 0. The van der Waals surface area contributed by atoms with Crippen molar-refractivity contribution in [3.8, 4) is 11.3 Å². The summed E-state index contributed by atoms with van der Waals surface area (Å²) in [5, 5.41) is 8.26. The van der Waals surface area contributed by atoms with E-state index in [1.54, 1.807) is 0 Å². The lowest BCUT2D eigenvalue weighted by atomic mass is 9.99. The summed E-state index contributed by atoms with van der Waals surface area (Å²) in [6, 6.07) is 11.5. The molecule has 0 aliphatic heterocycles. The average molecular weight is 332 g/mol. The van der Waals surface area contributed by atoms with E-state index in [0.717, 1.165) is 23.2 Å². The maximum absolute atomic E-state index is 12.5. The van der Waals surface area contributed by atoms with Gasteiger partial charge in [0.25, 0.3) is 0 Å². The fourth-order valence-electron chi connectivity index (χ4n) is 2.18. The number of rotatable bonds is 5. The van der Waals surface area contributed by atoms with Gasteiger partial charge in [-0.1, -0.05) is 37.3 Å². The summed E-state index contributed by atoms with van der Waals surface area (Å²) in [6.07, 6.45) is 0.771. The Kier molecular flexibility index (Phi) is 5.49. The van der Waals surface area contributed by atoms with Gasteiger partial charge in [0.2, 0.25) is 0 Å². The Morgan fingerprint density at radius 1 is 1.22 bits per heavy atom. The molecule has 0 bridgehead atoms. The average Bonchev–Trinajstić information content (AvgIpc) is 2.52. The fraction of sp³-hybridized carbons (Fsp3) is 0.412. The van der Waals surface area contributed by atoms with E-state index >= 15 is 0 Å². The number of benzene rings is 1. The van der Waals surface area contributed by atoms with Gasteiger partial charge in [0, 0.05) is 17.2 Å².